The molecule has 2 heterocycles. The number of aromatic nitrogens is 1. The van der Waals surface area contributed by atoms with Crippen LogP contribution in [0, 0.1) is 5.82 Å². The number of rotatable bonds is 1. The molecule has 82 valence electrons. The molecular formula is C11H15FN2O. The van der Waals surface area contributed by atoms with Gasteiger partial charge in [0.05, 0.1) is 11.9 Å². The van der Waals surface area contributed by atoms with Crippen LogP contribution in [0.5, 0.6) is 0 Å². The quantitative estimate of drug-likeness (QED) is 0.765. The van der Waals surface area contributed by atoms with Crippen molar-refractivity contribution in [1.82, 2.24) is 4.98 Å². The Kier molecular flexibility index (Phi) is 2.71. The van der Waals surface area contributed by atoms with Crippen LogP contribution in [-0.4, -0.2) is 17.6 Å². The van der Waals surface area contributed by atoms with E-state index >= 15 is 0 Å². The molecule has 0 spiro atoms. The van der Waals surface area contributed by atoms with Gasteiger partial charge in [-0.1, -0.05) is 0 Å². The Bertz CT molecular complexity index is 341. The van der Waals surface area contributed by atoms with Crippen molar-refractivity contribution in [2.45, 2.75) is 31.4 Å². The maximum absolute atomic E-state index is 12.7. The second kappa shape index (κ2) is 3.87. The van der Waals surface area contributed by atoms with Crippen LogP contribution < -0.4 is 5.73 Å². The van der Waals surface area contributed by atoms with E-state index in [0.29, 0.717) is 6.61 Å². The van der Waals surface area contributed by atoms with E-state index in [4.69, 9.17) is 10.5 Å². The molecule has 0 aliphatic carbocycles. The van der Waals surface area contributed by atoms with Gasteiger partial charge in [-0.25, -0.2) is 4.39 Å². The zero-order chi connectivity index (χ0) is 10.9. The van der Waals surface area contributed by atoms with Crippen LogP contribution >= 0.6 is 0 Å². The van der Waals surface area contributed by atoms with Crippen molar-refractivity contribution in [1.29, 1.82) is 0 Å². The van der Waals surface area contributed by atoms with Gasteiger partial charge in [0.1, 0.15) is 11.4 Å². The van der Waals surface area contributed by atoms with Crippen LogP contribution in [0.15, 0.2) is 18.3 Å². The second-order valence-corrected chi connectivity index (χ2v) is 4.19. The Morgan fingerprint density at radius 1 is 1.60 bits per heavy atom. The molecule has 1 fully saturated rings. The smallest absolute Gasteiger partial charge is 0.141 e. The first-order valence-corrected chi connectivity index (χ1v) is 5.12. The predicted molar refractivity (Wildman–Crippen MR) is 54.7 cm³/mol. The van der Waals surface area contributed by atoms with Gasteiger partial charge < -0.3 is 10.5 Å². The molecule has 1 aromatic rings. The summed E-state index contributed by atoms with van der Waals surface area (Å²) in [6.07, 6.45) is 2.81. The zero-order valence-electron chi connectivity index (χ0n) is 8.74. The topological polar surface area (TPSA) is 48.1 Å². The molecule has 2 atom stereocenters. The Balaban J connectivity index is 2.24. The molecule has 1 aliphatic heterocycles. The molecule has 1 aliphatic rings. The highest BCUT2D eigenvalue weighted by molar-refractivity contribution is 5.14. The maximum Gasteiger partial charge on any atom is 0.141 e. The normalized spacial score (nSPS) is 31.5. The molecule has 2 rings (SSSR count). The molecule has 3 nitrogen and oxygen atoms in total. The molecule has 1 aromatic heterocycles. The minimum atomic E-state index is -0.467. The summed E-state index contributed by atoms with van der Waals surface area (Å²) in [5.74, 6) is -0.331. The number of halogens is 1. The minimum absolute atomic E-state index is 0.135. The molecule has 0 bridgehead atoms. The van der Waals surface area contributed by atoms with Crippen molar-refractivity contribution >= 4 is 0 Å². The summed E-state index contributed by atoms with van der Waals surface area (Å²) in [5, 5.41) is 0. The van der Waals surface area contributed by atoms with Crippen LogP contribution in [0.1, 0.15) is 25.5 Å². The first-order valence-electron chi connectivity index (χ1n) is 5.12. The number of hydrogen-bond donors (Lipinski definition) is 1. The van der Waals surface area contributed by atoms with Crippen LogP contribution in [-0.2, 0) is 10.3 Å². The molecule has 0 saturated carbocycles. The van der Waals surface area contributed by atoms with Gasteiger partial charge >= 0.3 is 0 Å². The maximum atomic E-state index is 12.7. The molecule has 0 amide bonds. The standard InChI is InChI=1S/C11H15FN2O/c1-11(6-9(13)4-5-15-11)10-3-2-8(12)7-14-10/h2-3,7,9H,4-6,13H2,1H3. The Morgan fingerprint density at radius 3 is 3.00 bits per heavy atom. The molecule has 1 saturated heterocycles. The van der Waals surface area contributed by atoms with Crippen molar-refractivity contribution in [3.8, 4) is 0 Å². The van der Waals surface area contributed by atoms with Gasteiger partial charge in [-0.3, -0.25) is 4.98 Å². The Hall–Kier alpha value is -1.00. The van der Waals surface area contributed by atoms with E-state index in [0.717, 1.165) is 18.5 Å². The third-order valence-electron chi connectivity index (χ3n) is 2.83. The van der Waals surface area contributed by atoms with E-state index in [1.54, 1.807) is 6.07 Å². The highest BCUT2D eigenvalue weighted by Gasteiger charge is 2.34. The highest BCUT2D eigenvalue weighted by Crippen LogP contribution is 2.32. The summed E-state index contributed by atoms with van der Waals surface area (Å²) in [7, 11) is 0. The SMILES string of the molecule is CC1(c2ccc(F)cn2)CC(N)CCO1. The Morgan fingerprint density at radius 2 is 2.40 bits per heavy atom. The lowest BCUT2D eigenvalue weighted by Gasteiger charge is -2.36. The minimum Gasteiger partial charge on any atom is -0.369 e. The monoisotopic (exact) mass is 210 g/mol. The number of hydrogen-bond acceptors (Lipinski definition) is 3. The van der Waals surface area contributed by atoms with E-state index < -0.39 is 5.60 Å². The average Bonchev–Trinajstić information content (AvgIpc) is 2.18. The lowest BCUT2D eigenvalue weighted by Crippen LogP contribution is -2.41. The molecule has 4 heteroatoms. The summed E-state index contributed by atoms with van der Waals surface area (Å²) in [6.45, 7) is 2.59. The largest absolute Gasteiger partial charge is 0.369 e. The van der Waals surface area contributed by atoms with Crippen molar-refractivity contribution in [2.75, 3.05) is 6.61 Å². The second-order valence-electron chi connectivity index (χ2n) is 4.19. The fraction of sp³-hybridized carbons (Fsp3) is 0.545. The average molecular weight is 210 g/mol. The summed E-state index contributed by atoms with van der Waals surface area (Å²) in [5.41, 5.74) is 6.18. The van der Waals surface area contributed by atoms with Crippen molar-refractivity contribution in [3.63, 3.8) is 0 Å². The molecular weight excluding hydrogens is 195 g/mol. The van der Waals surface area contributed by atoms with Crippen molar-refractivity contribution in [2.24, 2.45) is 5.73 Å². The molecule has 0 radical (unpaired) electrons. The fourth-order valence-electron chi connectivity index (χ4n) is 1.96. The van der Waals surface area contributed by atoms with Gasteiger partial charge in [-0.2, -0.15) is 0 Å². The summed E-state index contributed by atoms with van der Waals surface area (Å²) in [4.78, 5) is 4.05. The van der Waals surface area contributed by atoms with E-state index in [1.165, 1.54) is 12.3 Å². The van der Waals surface area contributed by atoms with E-state index in [9.17, 15) is 4.39 Å². The van der Waals surface area contributed by atoms with Crippen LogP contribution in [0.25, 0.3) is 0 Å². The predicted octanol–water partition coefficient (Wildman–Crippen LogP) is 1.57. The van der Waals surface area contributed by atoms with Gasteiger partial charge in [-0.05, 0) is 31.9 Å². The third kappa shape index (κ3) is 2.16. The summed E-state index contributed by atoms with van der Waals surface area (Å²) < 4.78 is 18.4. The lowest BCUT2D eigenvalue weighted by atomic mass is 9.89. The summed E-state index contributed by atoms with van der Waals surface area (Å²) in [6, 6.07) is 3.19. The summed E-state index contributed by atoms with van der Waals surface area (Å²) >= 11 is 0. The number of ether oxygens (including phenoxy) is 1. The van der Waals surface area contributed by atoms with Gasteiger partial charge in [0.25, 0.3) is 0 Å². The molecule has 15 heavy (non-hydrogen) atoms. The van der Waals surface area contributed by atoms with Crippen LogP contribution in [0.4, 0.5) is 4.39 Å². The van der Waals surface area contributed by atoms with Gasteiger partial charge in [0, 0.05) is 12.6 Å². The van der Waals surface area contributed by atoms with E-state index in [-0.39, 0.29) is 11.9 Å². The third-order valence-corrected chi connectivity index (χ3v) is 2.83. The first-order chi connectivity index (χ1) is 7.10. The van der Waals surface area contributed by atoms with Crippen LogP contribution in [0.2, 0.25) is 0 Å². The van der Waals surface area contributed by atoms with Crippen molar-refractivity contribution < 1.29 is 9.13 Å². The van der Waals surface area contributed by atoms with Gasteiger partial charge in [0.2, 0.25) is 0 Å². The Labute approximate surface area is 88.5 Å². The highest BCUT2D eigenvalue weighted by atomic mass is 19.1. The first kappa shape index (κ1) is 10.5. The van der Waals surface area contributed by atoms with Gasteiger partial charge in [-0.15, -0.1) is 0 Å². The van der Waals surface area contributed by atoms with E-state index in [1.807, 2.05) is 6.92 Å². The van der Waals surface area contributed by atoms with Crippen LogP contribution in [0.3, 0.4) is 0 Å². The number of pyridine rings is 1. The zero-order valence-corrected chi connectivity index (χ0v) is 8.74. The number of nitrogens with two attached hydrogens (primary N) is 1. The van der Waals surface area contributed by atoms with E-state index in [2.05, 4.69) is 4.98 Å². The van der Waals surface area contributed by atoms with Gasteiger partial charge in [0.15, 0.2) is 0 Å². The molecule has 0 aromatic carbocycles. The lowest BCUT2D eigenvalue weighted by molar-refractivity contribution is -0.0794. The fourth-order valence-corrected chi connectivity index (χ4v) is 1.96. The molecule has 2 N–H and O–H groups in total. The number of nitrogens with zero attached hydrogens (tertiary/aromatic N) is 1. The van der Waals surface area contributed by atoms with Crippen molar-refractivity contribution in [3.05, 3.63) is 29.8 Å². The molecule has 2 unspecified atom stereocenters.